The molecular weight excluding hydrogens is 378 g/mol. The molecule has 0 spiro atoms. The first kappa shape index (κ1) is 17.6. The van der Waals surface area contributed by atoms with E-state index in [-0.39, 0.29) is 10.6 Å². The zero-order chi connectivity index (χ0) is 19.5. The van der Waals surface area contributed by atoms with Crippen molar-refractivity contribution in [2.45, 2.75) is 0 Å². The summed E-state index contributed by atoms with van der Waals surface area (Å²) in [6.45, 7) is 0. The second-order valence-corrected chi connectivity index (χ2v) is 6.86. The fourth-order valence-electron chi connectivity index (χ4n) is 2.71. The van der Waals surface area contributed by atoms with Crippen molar-refractivity contribution in [3.05, 3.63) is 90.4 Å². The Morgan fingerprint density at radius 2 is 1.96 bits per heavy atom. The highest BCUT2D eigenvalue weighted by atomic mass is 32.1. The van der Waals surface area contributed by atoms with Crippen molar-refractivity contribution in [3.8, 4) is 0 Å². The van der Waals surface area contributed by atoms with Crippen LogP contribution in [0.25, 0.3) is 6.08 Å². The second kappa shape index (κ2) is 7.41. The number of allylic oxidation sites excluding steroid dienone is 1. The standard InChI is InChI=1S/C19H13N5O3S/c25-19-22-18(21-14-6-2-1-3-7-14)16(28-19)10-13-11-20-23-17(13)12-5-4-8-15(9-12)24(26)27/h1-11,21H,(H,22,25)/b13-10+. The topological polar surface area (TPSA) is 113 Å². The molecule has 0 radical (unpaired) electrons. The molecule has 2 aromatic carbocycles. The molecule has 4 rings (SSSR count). The van der Waals surface area contributed by atoms with Gasteiger partial charge in [0.1, 0.15) is 11.5 Å². The molecule has 9 heteroatoms. The Bertz CT molecular complexity index is 1190. The van der Waals surface area contributed by atoms with E-state index in [0.717, 1.165) is 17.0 Å². The first-order valence-corrected chi connectivity index (χ1v) is 9.05. The normalized spacial score (nSPS) is 14.3. The summed E-state index contributed by atoms with van der Waals surface area (Å²) in [5.41, 5.74) is 2.56. The summed E-state index contributed by atoms with van der Waals surface area (Å²) < 4.78 is 0. The van der Waals surface area contributed by atoms with Crippen LogP contribution in [0.5, 0.6) is 0 Å². The summed E-state index contributed by atoms with van der Waals surface area (Å²) in [4.78, 5) is 25.7. The fraction of sp³-hybridized carbons (Fsp3) is 0. The Labute approximate surface area is 162 Å². The molecule has 0 saturated carbocycles. The molecule has 0 amide bonds. The van der Waals surface area contributed by atoms with E-state index in [9.17, 15) is 14.9 Å². The van der Waals surface area contributed by atoms with Crippen LogP contribution in [-0.4, -0.2) is 21.8 Å². The summed E-state index contributed by atoms with van der Waals surface area (Å²) in [6.07, 6.45) is 3.34. The van der Waals surface area contributed by atoms with Crippen LogP contribution >= 0.6 is 11.3 Å². The van der Waals surface area contributed by atoms with Gasteiger partial charge in [-0.2, -0.15) is 5.10 Å². The third-order valence-electron chi connectivity index (χ3n) is 3.96. The maximum absolute atomic E-state index is 11.9. The molecule has 3 aromatic rings. The Kier molecular flexibility index (Phi) is 4.65. The monoisotopic (exact) mass is 391 g/mol. The van der Waals surface area contributed by atoms with Gasteiger partial charge >= 0.3 is 4.87 Å². The number of non-ortho nitro benzene ring substituents is 1. The van der Waals surface area contributed by atoms with Crippen molar-refractivity contribution in [2.24, 2.45) is 10.2 Å². The molecule has 1 aliphatic heterocycles. The average Bonchev–Trinajstić information content (AvgIpc) is 3.29. The SMILES string of the molecule is O=c1[nH]c(Nc2ccccc2)c(/C=C2\C=NN=C2c2cccc([N+](=O)[O-])c2)s1. The molecule has 2 N–H and O–H groups in total. The van der Waals surface area contributed by atoms with Crippen molar-refractivity contribution in [1.29, 1.82) is 0 Å². The summed E-state index contributed by atoms with van der Waals surface area (Å²) in [5, 5.41) is 22.2. The molecule has 2 heterocycles. The van der Waals surface area contributed by atoms with Gasteiger partial charge in [0.05, 0.1) is 16.0 Å². The number of aromatic nitrogens is 1. The lowest BCUT2D eigenvalue weighted by molar-refractivity contribution is -0.384. The number of nitrogens with one attached hydrogen (secondary N) is 2. The van der Waals surface area contributed by atoms with Crippen LogP contribution in [0.3, 0.4) is 0 Å². The van der Waals surface area contributed by atoms with Gasteiger partial charge in [-0.1, -0.05) is 41.7 Å². The van der Waals surface area contributed by atoms with Crippen LogP contribution < -0.4 is 10.2 Å². The number of H-pyrrole nitrogens is 1. The molecule has 8 nitrogen and oxygen atoms in total. The van der Waals surface area contributed by atoms with Gasteiger partial charge in [0.25, 0.3) is 5.69 Å². The van der Waals surface area contributed by atoms with Gasteiger partial charge in [0, 0.05) is 29.0 Å². The Balaban J connectivity index is 1.69. The van der Waals surface area contributed by atoms with Crippen molar-refractivity contribution in [1.82, 2.24) is 4.98 Å². The summed E-state index contributed by atoms with van der Waals surface area (Å²) in [6, 6.07) is 15.7. The number of nitro benzene ring substituents is 1. The highest BCUT2D eigenvalue weighted by Crippen LogP contribution is 2.26. The van der Waals surface area contributed by atoms with E-state index >= 15 is 0 Å². The van der Waals surface area contributed by atoms with Crippen molar-refractivity contribution >= 4 is 46.5 Å². The van der Waals surface area contributed by atoms with Gasteiger partial charge < -0.3 is 5.32 Å². The van der Waals surface area contributed by atoms with Crippen LogP contribution in [0.1, 0.15) is 10.4 Å². The molecule has 0 aliphatic carbocycles. The van der Waals surface area contributed by atoms with E-state index in [4.69, 9.17) is 0 Å². The van der Waals surface area contributed by atoms with E-state index < -0.39 is 4.92 Å². The number of hydrogen-bond acceptors (Lipinski definition) is 7. The molecule has 1 aromatic heterocycles. The number of benzene rings is 2. The van der Waals surface area contributed by atoms with Gasteiger partial charge in [-0.15, -0.1) is 5.10 Å². The van der Waals surface area contributed by atoms with E-state index in [0.29, 0.717) is 27.5 Å². The largest absolute Gasteiger partial charge is 0.341 e. The Morgan fingerprint density at radius 3 is 2.75 bits per heavy atom. The summed E-state index contributed by atoms with van der Waals surface area (Å²) in [7, 11) is 0. The number of anilines is 2. The van der Waals surface area contributed by atoms with Gasteiger partial charge in [-0.05, 0) is 18.2 Å². The maximum atomic E-state index is 11.9. The van der Waals surface area contributed by atoms with Crippen molar-refractivity contribution < 1.29 is 4.92 Å². The molecule has 28 heavy (non-hydrogen) atoms. The minimum Gasteiger partial charge on any atom is -0.341 e. The number of aromatic amines is 1. The van der Waals surface area contributed by atoms with Crippen LogP contribution in [0.4, 0.5) is 17.2 Å². The Hall–Kier alpha value is -3.85. The number of para-hydroxylation sites is 1. The number of nitro groups is 1. The van der Waals surface area contributed by atoms with Gasteiger partial charge in [0.15, 0.2) is 0 Å². The predicted octanol–water partition coefficient (Wildman–Crippen LogP) is 3.96. The van der Waals surface area contributed by atoms with Crippen molar-refractivity contribution in [2.75, 3.05) is 5.32 Å². The number of rotatable bonds is 5. The van der Waals surface area contributed by atoms with Crippen LogP contribution in [-0.2, 0) is 0 Å². The first-order chi connectivity index (χ1) is 13.6. The number of thiazole rings is 1. The predicted molar refractivity (Wildman–Crippen MR) is 111 cm³/mol. The molecule has 1 aliphatic rings. The Morgan fingerprint density at radius 1 is 1.14 bits per heavy atom. The maximum Gasteiger partial charge on any atom is 0.306 e. The molecule has 0 saturated heterocycles. The molecule has 0 bridgehead atoms. The van der Waals surface area contributed by atoms with Gasteiger partial charge in [0.2, 0.25) is 0 Å². The molecular formula is C19H13N5O3S. The number of hydrogen-bond donors (Lipinski definition) is 2. The lowest BCUT2D eigenvalue weighted by Crippen LogP contribution is -2.03. The molecule has 0 unspecified atom stereocenters. The van der Waals surface area contributed by atoms with E-state index in [1.54, 1.807) is 24.4 Å². The third kappa shape index (κ3) is 3.64. The quantitative estimate of drug-likeness (QED) is 0.506. The van der Waals surface area contributed by atoms with E-state index in [1.807, 2.05) is 30.3 Å². The lowest BCUT2D eigenvalue weighted by atomic mass is 10.0. The van der Waals surface area contributed by atoms with Crippen LogP contribution in [0, 0.1) is 10.1 Å². The highest BCUT2D eigenvalue weighted by molar-refractivity contribution is 7.10. The van der Waals surface area contributed by atoms with Crippen LogP contribution in [0.15, 0.2) is 75.2 Å². The highest BCUT2D eigenvalue weighted by Gasteiger charge is 2.18. The lowest BCUT2D eigenvalue weighted by Gasteiger charge is -2.06. The zero-order valence-corrected chi connectivity index (χ0v) is 15.1. The van der Waals surface area contributed by atoms with Crippen molar-refractivity contribution in [3.63, 3.8) is 0 Å². The van der Waals surface area contributed by atoms with Gasteiger partial charge in [-0.3, -0.25) is 19.9 Å². The summed E-state index contributed by atoms with van der Waals surface area (Å²) >= 11 is 1.05. The molecule has 0 fully saturated rings. The molecule has 0 atom stereocenters. The third-order valence-corrected chi connectivity index (χ3v) is 4.79. The zero-order valence-electron chi connectivity index (χ0n) is 14.3. The molecule has 138 valence electrons. The van der Waals surface area contributed by atoms with E-state index in [2.05, 4.69) is 20.5 Å². The first-order valence-electron chi connectivity index (χ1n) is 8.23. The minimum absolute atomic E-state index is 0.0239. The smallest absolute Gasteiger partial charge is 0.306 e. The van der Waals surface area contributed by atoms with Crippen LogP contribution in [0.2, 0.25) is 0 Å². The minimum atomic E-state index is -0.455. The van der Waals surface area contributed by atoms with E-state index in [1.165, 1.54) is 12.1 Å². The average molecular weight is 391 g/mol. The second-order valence-electron chi connectivity index (χ2n) is 5.85. The summed E-state index contributed by atoms with van der Waals surface area (Å²) in [5.74, 6) is 0.562. The number of nitrogens with zero attached hydrogens (tertiary/aromatic N) is 3. The fourth-order valence-corrected chi connectivity index (χ4v) is 3.45. The van der Waals surface area contributed by atoms with Gasteiger partial charge in [-0.25, -0.2) is 0 Å².